The molecule has 0 aliphatic carbocycles. The standard InChI is InChI=1S/C24H21F2N5O2/c1-13-14(2)28-21-19(10-18(26)11-20(21)27-13)24(32)31-8-4-6-16(12-31)23-29-22(30-33-23)15-5-3-7-17(25)9-15/h3,5,7,9-11,16H,4,6,8,12H2,1-2H3. The van der Waals surface area contributed by atoms with Gasteiger partial charge in [-0.15, -0.1) is 0 Å². The molecule has 33 heavy (non-hydrogen) atoms. The van der Waals surface area contributed by atoms with Gasteiger partial charge in [-0.2, -0.15) is 4.98 Å². The summed E-state index contributed by atoms with van der Waals surface area (Å²) in [5.74, 6) is -0.718. The average molecular weight is 449 g/mol. The summed E-state index contributed by atoms with van der Waals surface area (Å²) in [7, 11) is 0. The van der Waals surface area contributed by atoms with E-state index in [1.165, 1.54) is 24.3 Å². The molecule has 7 nitrogen and oxygen atoms in total. The molecular weight excluding hydrogens is 428 g/mol. The summed E-state index contributed by atoms with van der Waals surface area (Å²) in [6.45, 7) is 4.48. The molecule has 2 aromatic carbocycles. The number of carbonyl (C=O) groups excluding carboxylic acids is 1. The minimum absolute atomic E-state index is 0.174. The van der Waals surface area contributed by atoms with E-state index in [0.29, 0.717) is 52.8 Å². The number of fused-ring (bicyclic) bond motifs is 1. The summed E-state index contributed by atoms with van der Waals surface area (Å²) in [5, 5.41) is 3.98. The fraction of sp³-hybridized carbons (Fsp3) is 0.292. The molecule has 168 valence electrons. The van der Waals surface area contributed by atoms with Crippen LogP contribution in [0.2, 0.25) is 0 Å². The topological polar surface area (TPSA) is 85.0 Å². The molecule has 0 spiro atoms. The van der Waals surface area contributed by atoms with Gasteiger partial charge in [-0.3, -0.25) is 4.79 Å². The Kier molecular flexibility index (Phi) is 5.32. The van der Waals surface area contributed by atoms with Gasteiger partial charge in [0, 0.05) is 24.7 Å². The van der Waals surface area contributed by atoms with Gasteiger partial charge in [-0.05, 0) is 44.9 Å². The van der Waals surface area contributed by atoms with Crippen LogP contribution in [0, 0.1) is 25.5 Å². The van der Waals surface area contributed by atoms with Crippen LogP contribution in [0.1, 0.15) is 46.4 Å². The van der Waals surface area contributed by atoms with Gasteiger partial charge in [0.2, 0.25) is 11.7 Å². The van der Waals surface area contributed by atoms with E-state index in [-0.39, 0.29) is 23.2 Å². The van der Waals surface area contributed by atoms with E-state index >= 15 is 0 Å². The number of nitrogens with zero attached hydrogens (tertiary/aromatic N) is 5. The highest BCUT2D eigenvalue weighted by Crippen LogP contribution is 2.30. The number of rotatable bonds is 3. The van der Waals surface area contributed by atoms with Crippen LogP contribution in [-0.4, -0.2) is 44.0 Å². The highest BCUT2D eigenvalue weighted by molar-refractivity contribution is 6.04. The van der Waals surface area contributed by atoms with E-state index < -0.39 is 5.82 Å². The average Bonchev–Trinajstić information content (AvgIpc) is 3.30. The molecule has 0 bridgehead atoms. The van der Waals surface area contributed by atoms with Crippen LogP contribution in [0.3, 0.4) is 0 Å². The Hall–Kier alpha value is -3.75. The summed E-state index contributed by atoms with van der Waals surface area (Å²) in [4.78, 5) is 28.4. The monoisotopic (exact) mass is 449 g/mol. The fourth-order valence-corrected chi connectivity index (χ4v) is 4.14. The first-order valence-electron chi connectivity index (χ1n) is 10.7. The zero-order valence-electron chi connectivity index (χ0n) is 18.2. The number of benzene rings is 2. The second kappa shape index (κ2) is 8.31. The highest BCUT2D eigenvalue weighted by atomic mass is 19.1. The Bertz CT molecular complexity index is 1370. The summed E-state index contributed by atoms with van der Waals surface area (Å²) in [6.07, 6.45) is 1.49. The summed E-state index contributed by atoms with van der Waals surface area (Å²) < 4.78 is 33.3. The number of aromatic nitrogens is 4. The van der Waals surface area contributed by atoms with Crippen molar-refractivity contribution >= 4 is 16.9 Å². The maximum Gasteiger partial charge on any atom is 0.256 e. The molecule has 5 rings (SSSR count). The molecule has 0 saturated carbocycles. The van der Waals surface area contributed by atoms with E-state index in [9.17, 15) is 13.6 Å². The number of piperidine rings is 1. The molecular formula is C24H21F2N5O2. The lowest BCUT2D eigenvalue weighted by Gasteiger charge is -2.31. The van der Waals surface area contributed by atoms with E-state index in [1.54, 1.807) is 24.0 Å². The van der Waals surface area contributed by atoms with Crippen LogP contribution >= 0.6 is 0 Å². The second-order valence-corrected chi connectivity index (χ2v) is 8.27. The van der Waals surface area contributed by atoms with E-state index in [4.69, 9.17) is 4.52 Å². The summed E-state index contributed by atoms with van der Waals surface area (Å²) in [5.41, 5.74) is 2.83. The maximum absolute atomic E-state index is 14.3. The van der Waals surface area contributed by atoms with Gasteiger partial charge in [0.25, 0.3) is 5.91 Å². The lowest BCUT2D eigenvalue weighted by Crippen LogP contribution is -2.39. The molecule has 0 radical (unpaired) electrons. The number of aryl methyl sites for hydroxylation is 2. The number of carbonyl (C=O) groups is 1. The lowest BCUT2D eigenvalue weighted by atomic mass is 9.97. The Morgan fingerprint density at radius 1 is 1.06 bits per heavy atom. The van der Waals surface area contributed by atoms with Gasteiger partial charge in [0.1, 0.15) is 17.2 Å². The van der Waals surface area contributed by atoms with Crippen molar-refractivity contribution < 1.29 is 18.1 Å². The van der Waals surface area contributed by atoms with Crippen LogP contribution in [-0.2, 0) is 0 Å². The second-order valence-electron chi connectivity index (χ2n) is 8.27. The Morgan fingerprint density at radius 3 is 2.70 bits per heavy atom. The molecule has 1 fully saturated rings. The van der Waals surface area contributed by atoms with Crippen molar-refractivity contribution in [1.82, 2.24) is 25.0 Å². The SMILES string of the molecule is Cc1nc2cc(F)cc(C(=O)N3CCCC(c4nc(-c5cccc(F)c5)no4)C3)c2nc1C. The molecule has 0 N–H and O–H groups in total. The van der Waals surface area contributed by atoms with Gasteiger partial charge < -0.3 is 9.42 Å². The van der Waals surface area contributed by atoms with Crippen molar-refractivity contribution in [3.8, 4) is 11.4 Å². The number of hydrogen-bond donors (Lipinski definition) is 0. The predicted molar refractivity (Wildman–Crippen MR) is 117 cm³/mol. The van der Waals surface area contributed by atoms with Crippen molar-refractivity contribution in [2.24, 2.45) is 0 Å². The van der Waals surface area contributed by atoms with Crippen molar-refractivity contribution in [3.63, 3.8) is 0 Å². The maximum atomic E-state index is 14.3. The zero-order valence-corrected chi connectivity index (χ0v) is 18.2. The first-order chi connectivity index (χ1) is 15.9. The number of amides is 1. The van der Waals surface area contributed by atoms with Gasteiger partial charge in [-0.1, -0.05) is 17.3 Å². The van der Waals surface area contributed by atoms with Crippen LogP contribution < -0.4 is 0 Å². The number of likely N-dealkylation sites (tertiary alicyclic amines) is 1. The molecule has 1 saturated heterocycles. The Balaban J connectivity index is 1.42. The zero-order chi connectivity index (χ0) is 23.1. The minimum atomic E-state index is -0.534. The highest BCUT2D eigenvalue weighted by Gasteiger charge is 2.30. The van der Waals surface area contributed by atoms with Crippen molar-refractivity contribution in [2.75, 3.05) is 13.1 Å². The fourth-order valence-electron chi connectivity index (χ4n) is 4.14. The van der Waals surface area contributed by atoms with Gasteiger partial charge in [-0.25, -0.2) is 18.7 Å². The van der Waals surface area contributed by atoms with Crippen LogP contribution in [0.4, 0.5) is 8.78 Å². The van der Waals surface area contributed by atoms with E-state index in [0.717, 1.165) is 12.8 Å². The smallest absolute Gasteiger partial charge is 0.256 e. The summed E-state index contributed by atoms with van der Waals surface area (Å²) in [6, 6.07) is 8.47. The van der Waals surface area contributed by atoms with Crippen molar-refractivity contribution in [2.45, 2.75) is 32.6 Å². The lowest BCUT2D eigenvalue weighted by molar-refractivity contribution is 0.0697. The van der Waals surface area contributed by atoms with Gasteiger partial charge in [0.15, 0.2) is 0 Å². The third-order valence-corrected chi connectivity index (χ3v) is 5.96. The Labute approximate surface area is 188 Å². The molecule has 3 heterocycles. The van der Waals surface area contributed by atoms with Crippen molar-refractivity contribution in [3.05, 3.63) is 70.9 Å². The third-order valence-electron chi connectivity index (χ3n) is 5.96. The molecule has 1 aliphatic rings. The first-order valence-corrected chi connectivity index (χ1v) is 10.7. The van der Waals surface area contributed by atoms with Crippen molar-refractivity contribution in [1.29, 1.82) is 0 Å². The van der Waals surface area contributed by atoms with E-state index in [1.807, 2.05) is 6.92 Å². The largest absolute Gasteiger partial charge is 0.339 e. The van der Waals surface area contributed by atoms with Gasteiger partial charge in [0.05, 0.1) is 28.4 Å². The Morgan fingerprint density at radius 2 is 1.88 bits per heavy atom. The molecule has 1 amide bonds. The van der Waals surface area contributed by atoms with Gasteiger partial charge >= 0.3 is 0 Å². The normalized spacial score (nSPS) is 16.4. The van der Waals surface area contributed by atoms with Crippen LogP contribution in [0.25, 0.3) is 22.4 Å². The molecule has 1 unspecified atom stereocenters. The predicted octanol–water partition coefficient (Wildman–Crippen LogP) is 4.59. The minimum Gasteiger partial charge on any atom is -0.339 e. The molecule has 2 aromatic heterocycles. The first kappa shape index (κ1) is 21.1. The molecule has 1 aliphatic heterocycles. The quantitative estimate of drug-likeness (QED) is 0.455. The molecule has 9 heteroatoms. The van der Waals surface area contributed by atoms with Crippen LogP contribution in [0.15, 0.2) is 40.9 Å². The number of hydrogen-bond acceptors (Lipinski definition) is 6. The third kappa shape index (κ3) is 4.06. The van der Waals surface area contributed by atoms with E-state index in [2.05, 4.69) is 20.1 Å². The molecule has 4 aromatic rings. The number of halogens is 2. The molecule has 1 atom stereocenters. The van der Waals surface area contributed by atoms with Crippen LogP contribution in [0.5, 0.6) is 0 Å². The summed E-state index contributed by atoms with van der Waals surface area (Å²) >= 11 is 0.